The highest BCUT2D eigenvalue weighted by molar-refractivity contribution is 5.93. The fourth-order valence-electron chi connectivity index (χ4n) is 0.363. The van der Waals surface area contributed by atoms with Crippen LogP contribution in [0.1, 0.15) is 0 Å². The number of ether oxygens (including phenoxy) is 1. The normalized spacial score (nSPS) is 11.3. The standard InChI is InChI=1S/C5H7NO4/c1-10-5(9)4(2-7)6-3-8/h2-4H,1H3,(H,6,8). The lowest BCUT2D eigenvalue weighted by Crippen LogP contribution is -2.37. The molecule has 0 heterocycles. The number of hydrogen-bond donors (Lipinski definition) is 1. The molecule has 0 aliphatic carbocycles. The Morgan fingerprint density at radius 3 is 2.50 bits per heavy atom. The summed E-state index contributed by atoms with van der Waals surface area (Å²) in [5.74, 6) is -0.776. The Morgan fingerprint density at radius 1 is 1.60 bits per heavy atom. The lowest BCUT2D eigenvalue weighted by atomic mass is 10.3. The smallest absolute Gasteiger partial charge is 0.335 e. The molecule has 0 aliphatic rings. The average molecular weight is 145 g/mol. The molecule has 0 aromatic rings. The first kappa shape index (κ1) is 8.61. The van der Waals surface area contributed by atoms with E-state index in [2.05, 4.69) is 4.74 Å². The Labute approximate surface area is 57.3 Å². The Balaban J connectivity index is 3.91. The van der Waals surface area contributed by atoms with Gasteiger partial charge in [0, 0.05) is 0 Å². The molecule has 1 atom stereocenters. The maximum absolute atomic E-state index is 10.5. The summed E-state index contributed by atoms with van der Waals surface area (Å²) in [5.41, 5.74) is 0. The Kier molecular flexibility index (Phi) is 3.86. The van der Waals surface area contributed by atoms with E-state index in [0.717, 1.165) is 7.11 Å². The number of rotatable bonds is 4. The molecule has 1 N–H and O–H groups in total. The van der Waals surface area contributed by atoms with Crippen molar-refractivity contribution in [2.75, 3.05) is 7.11 Å². The summed E-state index contributed by atoms with van der Waals surface area (Å²) >= 11 is 0. The number of carbonyl (C=O) groups is 3. The van der Waals surface area contributed by atoms with Crippen molar-refractivity contribution in [3.8, 4) is 0 Å². The first-order valence-electron chi connectivity index (χ1n) is 2.49. The van der Waals surface area contributed by atoms with Gasteiger partial charge in [0.05, 0.1) is 7.11 Å². The quantitative estimate of drug-likeness (QED) is 0.296. The molecule has 56 valence electrons. The van der Waals surface area contributed by atoms with Gasteiger partial charge in [0.25, 0.3) is 0 Å². The van der Waals surface area contributed by atoms with Crippen molar-refractivity contribution in [1.29, 1.82) is 0 Å². The highest BCUT2D eigenvalue weighted by Crippen LogP contribution is 1.79. The minimum absolute atomic E-state index is 0.260. The van der Waals surface area contributed by atoms with Crippen molar-refractivity contribution in [2.45, 2.75) is 6.04 Å². The SMILES string of the molecule is COC(=O)C(C=O)NC=O. The van der Waals surface area contributed by atoms with Gasteiger partial charge in [0.1, 0.15) is 0 Å². The zero-order valence-electron chi connectivity index (χ0n) is 5.37. The molecule has 0 fully saturated rings. The minimum atomic E-state index is -1.18. The van der Waals surface area contributed by atoms with Gasteiger partial charge in [-0.1, -0.05) is 0 Å². The van der Waals surface area contributed by atoms with E-state index in [-0.39, 0.29) is 6.41 Å². The number of esters is 1. The Bertz CT molecular complexity index is 145. The summed E-state index contributed by atoms with van der Waals surface area (Å²) in [7, 11) is 1.13. The second-order valence-electron chi connectivity index (χ2n) is 1.42. The molecule has 0 spiro atoms. The van der Waals surface area contributed by atoms with Gasteiger partial charge in [0.2, 0.25) is 6.41 Å². The molecule has 0 rings (SSSR count). The van der Waals surface area contributed by atoms with E-state index in [1.165, 1.54) is 0 Å². The van der Waals surface area contributed by atoms with Gasteiger partial charge in [-0.05, 0) is 0 Å². The van der Waals surface area contributed by atoms with Crippen LogP contribution in [0.15, 0.2) is 0 Å². The van der Waals surface area contributed by atoms with Crippen molar-refractivity contribution in [2.24, 2.45) is 0 Å². The van der Waals surface area contributed by atoms with E-state index in [1.807, 2.05) is 5.32 Å². The topological polar surface area (TPSA) is 72.5 Å². The largest absolute Gasteiger partial charge is 0.467 e. The number of carbonyl (C=O) groups excluding carboxylic acids is 3. The Hall–Kier alpha value is -1.39. The number of aldehydes is 1. The molecular weight excluding hydrogens is 138 g/mol. The molecule has 0 aromatic carbocycles. The van der Waals surface area contributed by atoms with Crippen LogP contribution in [-0.4, -0.2) is 31.8 Å². The number of hydrogen-bond acceptors (Lipinski definition) is 4. The molecule has 0 saturated carbocycles. The molecule has 5 nitrogen and oxygen atoms in total. The summed E-state index contributed by atoms with van der Waals surface area (Å²) < 4.78 is 4.16. The predicted octanol–water partition coefficient (Wildman–Crippen LogP) is -1.53. The maximum Gasteiger partial charge on any atom is 0.335 e. The first-order chi connectivity index (χ1) is 4.76. The molecule has 0 radical (unpaired) electrons. The second-order valence-corrected chi connectivity index (χ2v) is 1.42. The van der Waals surface area contributed by atoms with Crippen LogP contribution in [0.2, 0.25) is 0 Å². The lowest BCUT2D eigenvalue weighted by molar-refractivity contribution is -0.145. The predicted molar refractivity (Wildman–Crippen MR) is 31.1 cm³/mol. The van der Waals surface area contributed by atoms with Crippen molar-refractivity contribution in [1.82, 2.24) is 5.32 Å². The third-order valence-electron chi connectivity index (χ3n) is 0.839. The van der Waals surface area contributed by atoms with Crippen LogP contribution in [-0.2, 0) is 19.1 Å². The zero-order valence-corrected chi connectivity index (χ0v) is 5.37. The van der Waals surface area contributed by atoms with Crippen molar-refractivity contribution >= 4 is 18.7 Å². The number of methoxy groups -OCH3 is 1. The van der Waals surface area contributed by atoms with E-state index in [4.69, 9.17) is 0 Å². The second kappa shape index (κ2) is 4.49. The molecule has 0 aliphatic heterocycles. The van der Waals surface area contributed by atoms with Crippen LogP contribution < -0.4 is 5.32 Å². The van der Waals surface area contributed by atoms with Gasteiger partial charge < -0.3 is 14.8 Å². The highest BCUT2D eigenvalue weighted by Gasteiger charge is 2.15. The molecule has 5 heteroatoms. The van der Waals surface area contributed by atoms with Gasteiger partial charge in [-0.3, -0.25) is 4.79 Å². The molecule has 1 unspecified atom stereocenters. The molecule has 10 heavy (non-hydrogen) atoms. The van der Waals surface area contributed by atoms with E-state index in [9.17, 15) is 14.4 Å². The van der Waals surface area contributed by atoms with Gasteiger partial charge in [-0.25, -0.2) is 4.79 Å². The van der Waals surface area contributed by atoms with Crippen LogP contribution in [0.25, 0.3) is 0 Å². The van der Waals surface area contributed by atoms with E-state index >= 15 is 0 Å². The van der Waals surface area contributed by atoms with Crippen LogP contribution in [0.5, 0.6) is 0 Å². The minimum Gasteiger partial charge on any atom is -0.467 e. The summed E-state index contributed by atoms with van der Waals surface area (Å²) in [4.78, 5) is 30.1. The highest BCUT2D eigenvalue weighted by atomic mass is 16.5. The maximum atomic E-state index is 10.5. The van der Waals surface area contributed by atoms with Crippen LogP contribution in [0, 0.1) is 0 Å². The first-order valence-corrected chi connectivity index (χ1v) is 2.49. The van der Waals surface area contributed by atoms with Crippen molar-refractivity contribution in [3.05, 3.63) is 0 Å². The fraction of sp³-hybridized carbons (Fsp3) is 0.400. The van der Waals surface area contributed by atoms with Crippen molar-refractivity contribution in [3.63, 3.8) is 0 Å². The lowest BCUT2D eigenvalue weighted by Gasteiger charge is -2.03. The zero-order chi connectivity index (χ0) is 7.98. The van der Waals surface area contributed by atoms with Gasteiger partial charge in [0.15, 0.2) is 12.3 Å². The third-order valence-corrected chi connectivity index (χ3v) is 0.839. The summed E-state index contributed by atoms with van der Waals surface area (Å²) in [6.07, 6.45) is 0.552. The molecule has 0 bridgehead atoms. The van der Waals surface area contributed by atoms with E-state index < -0.39 is 12.0 Å². The fourth-order valence-corrected chi connectivity index (χ4v) is 0.363. The third kappa shape index (κ3) is 2.25. The van der Waals surface area contributed by atoms with Crippen LogP contribution in [0.4, 0.5) is 0 Å². The van der Waals surface area contributed by atoms with Gasteiger partial charge >= 0.3 is 5.97 Å². The van der Waals surface area contributed by atoms with Gasteiger partial charge in [-0.2, -0.15) is 0 Å². The number of nitrogens with one attached hydrogen (secondary N) is 1. The van der Waals surface area contributed by atoms with E-state index in [0.29, 0.717) is 6.29 Å². The molecular formula is C5H7NO4. The molecule has 0 aromatic heterocycles. The van der Waals surface area contributed by atoms with Crippen molar-refractivity contribution < 1.29 is 19.1 Å². The monoisotopic (exact) mass is 145 g/mol. The molecule has 1 amide bonds. The molecule has 0 saturated heterocycles. The Morgan fingerprint density at radius 2 is 2.20 bits per heavy atom. The van der Waals surface area contributed by atoms with Crippen LogP contribution in [0.3, 0.4) is 0 Å². The summed E-state index contributed by atoms with van der Waals surface area (Å²) in [6, 6.07) is -1.18. The summed E-state index contributed by atoms with van der Waals surface area (Å²) in [5, 5.41) is 1.96. The van der Waals surface area contributed by atoms with Crippen LogP contribution >= 0.6 is 0 Å². The van der Waals surface area contributed by atoms with E-state index in [1.54, 1.807) is 0 Å². The average Bonchev–Trinajstić information content (AvgIpc) is 1.99. The number of amides is 1. The van der Waals surface area contributed by atoms with Gasteiger partial charge in [-0.15, -0.1) is 0 Å². The summed E-state index contributed by atoms with van der Waals surface area (Å²) in [6.45, 7) is 0.